The Morgan fingerprint density at radius 1 is 1.50 bits per heavy atom. The van der Waals surface area contributed by atoms with Gasteiger partial charge in [0.15, 0.2) is 16.7 Å². The number of hydrogen-bond donors (Lipinski definition) is 0. The number of anilines is 1. The highest BCUT2D eigenvalue weighted by molar-refractivity contribution is 8.13. The number of thioether (sulfide) groups is 1. The highest BCUT2D eigenvalue weighted by atomic mass is 35.5. The van der Waals surface area contributed by atoms with Crippen LogP contribution in [0.5, 0.6) is 0 Å². The van der Waals surface area contributed by atoms with Crippen LogP contribution in [-0.4, -0.2) is 23.3 Å². The molecule has 0 aliphatic carbocycles. The number of carbonyl (C=O) groups is 2. The summed E-state index contributed by atoms with van der Waals surface area (Å²) in [6, 6.07) is 2.24. The van der Waals surface area contributed by atoms with Gasteiger partial charge in [-0.15, -0.1) is 0 Å². The first-order chi connectivity index (χ1) is 9.40. The van der Waals surface area contributed by atoms with Crippen LogP contribution < -0.4 is 4.90 Å². The van der Waals surface area contributed by atoms with Crippen LogP contribution in [0.4, 0.5) is 14.5 Å². The third-order valence-corrected chi connectivity index (χ3v) is 4.44. The summed E-state index contributed by atoms with van der Waals surface area (Å²) in [6.07, 6.45) is 0.273. The number of hydrogen-bond acceptors (Lipinski definition) is 3. The van der Waals surface area contributed by atoms with E-state index in [2.05, 4.69) is 0 Å². The molecule has 0 N–H and O–H groups in total. The monoisotopic (exact) mass is 319 g/mol. The van der Waals surface area contributed by atoms with Gasteiger partial charge in [-0.1, -0.05) is 23.4 Å². The molecule has 1 aliphatic heterocycles. The summed E-state index contributed by atoms with van der Waals surface area (Å²) < 4.78 is 26.5. The molecule has 1 unspecified atom stereocenters. The van der Waals surface area contributed by atoms with Crippen molar-refractivity contribution in [2.75, 3.05) is 17.2 Å². The topological polar surface area (TPSA) is 37.4 Å². The van der Waals surface area contributed by atoms with Crippen LogP contribution in [0, 0.1) is 17.6 Å². The number of amides is 1. The van der Waals surface area contributed by atoms with Crippen LogP contribution in [-0.2, 0) is 9.59 Å². The van der Waals surface area contributed by atoms with Crippen molar-refractivity contribution in [2.24, 2.45) is 5.92 Å². The fourth-order valence-electron chi connectivity index (χ4n) is 2.09. The van der Waals surface area contributed by atoms with Crippen LogP contribution in [0.2, 0.25) is 5.02 Å². The van der Waals surface area contributed by atoms with Gasteiger partial charge in [-0.3, -0.25) is 9.59 Å². The van der Waals surface area contributed by atoms with Gasteiger partial charge in [-0.25, -0.2) is 8.78 Å². The van der Waals surface area contributed by atoms with E-state index in [1.807, 2.05) is 0 Å². The number of halogens is 3. The normalized spacial score (nSPS) is 18.7. The van der Waals surface area contributed by atoms with Gasteiger partial charge < -0.3 is 4.90 Å². The maximum atomic E-state index is 13.4. The van der Waals surface area contributed by atoms with Gasteiger partial charge in [0.2, 0.25) is 5.91 Å². The van der Waals surface area contributed by atoms with E-state index in [0.717, 1.165) is 17.8 Å². The van der Waals surface area contributed by atoms with E-state index in [4.69, 9.17) is 11.6 Å². The highest BCUT2D eigenvalue weighted by Crippen LogP contribution is 2.34. The van der Waals surface area contributed by atoms with Crippen molar-refractivity contribution in [3.8, 4) is 0 Å². The van der Waals surface area contributed by atoms with Crippen molar-refractivity contribution in [3.63, 3.8) is 0 Å². The lowest BCUT2D eigenvalue weighted by Crippen LogP contribution is -2.25. The van der Waals surface area contributed by atoms with E-state index in [1.54, 1.807) is 0 Å². The summed E-state index contributed by atoms with van der Waals surface area (Å²) in [5, 5.41) is -0.403. The number of benzene rings is 1. The number of carbonyl (C=O) groups excluding carboxylic acids is 2. The molecule has 1 fully saturated rings. The Morgan fingerprint density at radius 3 is 2.85 bits per heavy atom. The largest absolute Gasteiger partial charge is 0.310 e. The summed E-state index contributed by atoms with van der Waals surface area (Å²) in [6.45, 7) is 1.81. The second-order valence-corrected chi connectivity index (χ2v) is 6.15. The first-order valence-electron chi connectivity index (χ1n) is 5.97. The maximum Gasteiger partial charge on any atom is 0.227 e. The van der Waals surface area contributed by atoms with Gasteiger partial charge in [0.1, 0.15) is 5.02 Å². The molecule has 0 bridgehead atoms. The Bertz CT molecular complexity index is 568. The van der Waals surface area contributed by atoms with Gasteiger partial charge in [-0.05, 0) is 18.1 Å². The maximum absolute atomic E-state index is 13.4. The van der Waals surface area contributed by atoms with Crippen molar-refractivity contribution < 1.29 is 18.4 Å². The predicted octanol–water partition coefficient (Wildman–Crippen LogP) is 3.25. The smallest absolute Gasteiger partial charge is 0.227 e. The molecule has 1 heterocycles. The molecule has 0 aromatic heterocycles. The van der Waals surface area contributed by atoms with Gasteiger partial charge in [0.25, 0.3) is 0 Å². The molecule has 20 heavy (non-hydrogen) atoms. The quantitative estimate of drug-likeness (QED) is 0.803. The van der Waals surface area contributed by atoms with Crippen LogP contribution in [0.15, 0.2) is 12.1 Å². The fourth-order valence-corrected chi connectivity index (χ4v) is 3.03. The molecule has 1 saturated heterocycles. The van der Waals surface area contributed by atoms with Crippen LogP contribution >= 0.6 is 23.4 Å². The van der Waals surface area contributed by atoms with Crippen molar-refractivity contribution in [1.82, 2.24) is 0 Å². The molecule has 7 heteroatoms. The van der Waals surface area contributed by atoms with Crippen LogP contribution in [0.25, 0.3) is 0 Å². The van der Waals surface area contributed by atoms with E-state index in [-0.39, 0.29) is 29.0 Å². The third-order valence-electron chi connectivity index (χ3n) is 3.03. The summed E-state index contributed by atoms with van der Waals surface area (Å²) in [4.78, 5) is 24.2. The van der Waals surface area contributed by atoms with Crippen LogP contribution in [0.1, 0.15) is 13.3 Å². The molecule has 1 aliphatic rings. The molecule has 0 spiro atoms. The van der Waals surface area contributed by atoms with Gasteiger partial charge in [-0.2, -0.15) is 0 Å². The van der Waals surface area contributed by atoms with Crippen LogP contribution in [0.3, 0.4) is 0 Å². The minimum atomic E-state index is -1.15. The zero-order valence-electron chi connectivity index (χ0n) is 10.7. The lowest BCUT2D eigenvalue weighted by Gasteiger charge is -2.18. The van der Waals surface area contributed by atoms with Crippen molar-refractivity contribution in [3.05, 3.63) is 28.8 Å². The average molecular weight is 320 g/mol. The number of rotatable bonds is 3. The summed E-state index contributed by atoms with van der Waals surface area (Å²) in [7, 11) is 0. The minimum Gasteiger partial charge on any atom is -0.310 e. The molecule has 2 rings (SSSR count). The zero-order chi connectivity index (χ0) is 14.9. The second kappa shape index (κ2) is 6.10. The fraction of sp³-hybridized carbons (Fsp3) is 0.385. The zero-order valence-corrected chi connectivity index (χ0v) is 12.2. The third kappa shape index (κ3) is 3.12. The molecule has 0 radical (unpaired) electrons. The molecular weight excluding hydrogens is 308 g/mol. The highest BCUT2D eigenvalue weighted by Gasteiger charge is 2.32. The summed E-state index contributed by atoms with van der Waals surface area (Å²) >= 11 is 6.90. The van der Waals surface area contributed by atoms with E-state index < -0.39 is 16.7 Å². The van der Waals surface area contributed by atoms with Gasteiger partial charge >= 0.3 is 0 Å². The Balaban J connectivity index is 2.16. The summed E-state index contributed by atoms with van der Waals surface area (Å²) in [5.41, 5.74) is 0.172. The van der Waals surface area contributed by atoms with E-state index in [9.17, 15) is 18.4 Å². The molecule has 1 aromatic rings. The predicted molar refractivity (Wildman–Crippen MR) is 75.0 cm³/mol. The van der Waals surface area contributed by atoms with Crippen molar-refractivity contribution >= 4 is 40.1 Å². The van der Waals surface area contributed by atoms with Gasteiger partial charge in [0, 0.05) is 25.6 Å². The second-order valence-electron chi connectivity index (χ2n) is 4.57. The van der Waals surface area contributed by atoms with E-state index in [1.165, 1.54) is 17.9 Å². The molecule has 1 aromatic carbocycles. The first kappa shape index (κ1) is 15.3. The lowest BCUT2D eigenvalue weighted by molar-refractivity contribution is -0.117. The molecule has 108 valence electrons. The van der Waals surface area contributed by atoms with Crippen molar-refractivity contribution in [1.29, 1.82) is 0 Å². The van der Waals surface area contributed by atoms with Gasteiger partial charge in [0.05, 0.1) is 5.69 Å². The Hall–Kier alpha value is -1.14. The molecule has 3 nitrogen and oxygen atoms in total. The Kier molecular flexibility index (Phi) is 4.65. The molecular formula is C13H12ClF2NO2S. The molecule has 0 saturated carbocycles. The summed E-state index contributed by atoms with van der Waals surface area (Å²) in [5.74, 6) is -1.88. The number of nitrogens with zero attached hydrogens (tertiary/aromatic N) is 1. The Labute approximate surface area is 124 Å². The van der Waals surface area contributed by atoms with E-state index >= 15 is 0 Å². The first-order valence-corrected chi connectivity index (χ1v) is 7.33. The molecule has 1 amide bonds. The minimum absolute atomic E-state index is 0.000538. The van der Waals surface area contributed by atoms with E-state index in [0.29, 0.717) is 12.3 Å². The Morgan fingerprint density at radius 2 is 2.20 bits per heavy atom. The average Bonchev–Trinajstić information content (AvgIpc) is 2.75. The SMILES string of the molecule is CC(=O)SCC1CC(=O)N(c2ccc(F)c(F)c2Cl)C1. The lowest BCUT2D eigenvalue weighted by atomic mass is 10.1. The molecule has 1 atom stereocenters. The van der Waals surface area contributed by atoms with Crippen molar-refractivity contribution in [2.45, 2.75) is 13.3 Å². The standard InChI is InChI=1S/C13H12ClF2NO2S/c1-7(18)20-6-8-4-11(19)17(5-8)10-3-2-9(15)13(16)12(10)14/h2-3,8H,4-6H2,1H3.